The predicted octanol–water partition coefficient (Wildman–Crippen LogP) is 2.11. The number of carbonyl (C=O) groups is 2. The maximum absolute atomic E-state index is 13.4. The van der Waals surface area contributed by atoms with Gasteiger partial charge in [0, 0.05) is 23.0 Å². The number of nitrogen functional groups attached to an aromatic ring is 1. The first-order valence-corrected chi connectivity index (χ1v) is 11.7. The quantitative estimate of drug-likeness (QED) is 0.595. The van der Waals surface area contributed by atoms with Gasteiger partial charge in [-0.3, -0.25) is 9.59 Å². The zero-order chi connectivity index (χ0) is 22.7. The number of nitrogens with one attached hydrogen (secondary N) is 1. The van der Waals surface area contributed by atoms with E-state index in [0.29, 0.717) is 23.5 Å². The fraction of sp³-hybridized carbons (Fsp3) is 0.435. The number of carbonyl (C=O) groups excluding carboxylic acids is 2. The Balaban J connectivity index is 1.17. The molecule has 1 aliphatic heterocycles. The van der Waals surface area contributed by atoms with Gasteiger partial charge in [0.1, 0.15) is 24.4 Å². The third-order valence-electron chi connectivity index (χ3n) is 7.35. The number of rotatable bonds is 5. The molecule has 3 aliphatic rings. The molecule has 1 saturated heterocycles. The summed E-state index contributed by atoms with van der Waals surface area (Å²) in [5.41, 5.74) is 7.92. The predicted molar refractivity (Wildman–Crippen MR) is 122 cm³/mol. The molecule has 2 aliphatic carbocycles. The van der Waals surface area contributed by atoms with Crippen LogP contribution in [0.15, 0.2) is 36.9 Å². The monoisotopic (exact) mass is 465 g/mol. The summed E-state index contributed by atoms with van der Waals surface area (Å²) in [6.07, 6.45) is 6.48. The van der Waals surface area contributed by atoms with Gasteiger partial charge in [0.25, 0.3) is 0 Å². The van der Waals surface area contributed by atoms with Crippen LogP contribution in [0.2, 0.25) is 5.02 Å². The number of hydrogen-bond acceptors (Lipinski definition) is 6. The molecule has 0 bridgehead atoms. The molecule has 10 heteroatoms. The number of likely N-dealkylation sites (tertiary alicyclic amines) is 1. The van der Waals surface area contributed by atoms with Crippen molar-refractivity contribution < 1.29 is 9.59 Å². The summed E-state index contributed by atoms with van der Waals surface area (Å²) in [6, 6.07) is 7.50. The lowest BCUT2D eigenvalue weighted by Crippen LogP contribution is -2.52. The third kappa shape index (κ3) is 3.42. The van der Waals surface area contributed by atoms with Gasteiger partial charge in [-0.1, -0.05) is 29.8 Å². The van der Waals surface area contributed by atoms with Gasteiger partial charge in [0.15, 0.2) is 11.5 Å². The van der Waals surface area contributed by atoms with Gasteiger partial charge >= 0.3 is 0 Å². The fourth-order valence-corrected chi connectivity index (χ4v) is 5.69. The standard InChI is InChI=1S/C23H24ClN7O2/c24-15-4-2-1-3-13(15)14-8-16(14)29-23(33)18-7-12-5-6-17(12)31(18)19(32)9-30-11-28-20-21(25)26-10-27-22(20)30/h1-4,10-12,14,16-18H,5-9H2,(H,29,33)(H2,25,26,27)/t12-,14+,16-,17-,18+/m1/s1. The Kier molecular flexibility index (Phi) is 4.76. The molecule has 2 aromatic heterocycles. The van der Waals surface area contributed by atoms with Crippen LogP contribution in [-0.2, 0) is 16.1 Å². The molecule has 0 spiro atoms. The molecule has 1 aromatic carbocycles. The van der Waals surface area contributed by atoms with Gasteiger partial charge in [0.2, 0.25) is 11.8 Å². The SMILES string of the molecule is Nc1ncnc2c1ncn2CC(=O)N1[C@@H]2CC[C@@H]2C[C@H]1C(=O)N[C@@H]1C[C@H]1c1ccccc1Cl. The van der Waals surface area contributed by atoms with Crippen molar-refractivity contribution >= 4 is 40.4 Å². The highest BCUT2D eigenvalue weighted by Crippen LogP contribution is 2.46. The second-order valence-corrected chi connectivity index (χ2v) is 9.65. The Bertz CT molecular complexity index is 1260. The van der Waals surface area contributed by atoms with Gasteiger partial charge in [-0.2, -0.15) is 0 Å². The summed E-state index contributed by atoms with van der Waals surface area (Å²) in [4.78, 5) is 40.9. The molecule has 2 saturated carbocycles. The summed E-state index contributed by atoms with van der Waals surface area (Å²) < 4.78 is 1.67. The van der Waals surface area contributed by atoms with E-state index >= 15 is 0 Å². The maximum Gasteiger partial charge on any atom is 0.243 e. The van der Waals surface area contributed by atoms with E-state index in [1.54, 1.807) is 15.8 Å². The second kappa shape index (κ2) is 7.69. The van der Waals surface area contributed by atoms with Crippen LogP contribution >= 0.6 is 11.6 Å². The number of nitrogens with zero attached hydrogens (tertiary/aromatic N) is 5. The Morgan fingerprint density at radius 3 is 2.79 bits per heavy atom. The van der Waals surface area contributed by atoms with E-state index in [2.05, 4.69) is 20.3 Å². The molecule has 0 unspecified atom stereocenters. The molecule has 170 valence electrons. The van der Waals surface area contributed by atoms with Crippen LogP contribution in [0.4, 0.5) is 5.82 Å². The van der Waals surface area contributed by atoms with E-state index in [-0.39, 0.29) is 42.2 Å². The highest BCUT2D eigenvalue weighted by Gasteiger charge is 2.52. The average molecular weight is 466 g/mol. The zero-order valence-corrected chi connectivity index (χ0v) is 18.7. The van der Waals surface area contributed by atoms with Crippen molar-refractivity contribution in [3.8, 4) is 0 Å². The fourth-order valence-electron chi connectivity index (χ4n) is 5.41. The lowest BCUT2D eigenvalue weighted by molar-refractivity contribution is -0.142. The van der Waals surface area contributed by atoms with Crippen LogP contribution in [0.5, 0.6) is 0 Å². The number of aromatic nitrogens is 4. The topological polar surface area (TPSA) is 119 Å². The van der Waals surface area contributed by atoms with Crippen LogP contribution in [0.1, 0.15) is 37.2 Å². The summed E-state index contributed by atoms with van der Waals surface area (Å²) in [5, 5.41) is 3.90. The van der Waals surface area contributed by atoms with Crippen LogP contribution in [0.3, 0.4) is 0 Å². The Hall–Kier alpha value is -3.20. The number of benzene rings is 1. The molecular weight excluding hydrogens is 442 g/mol. The Morgan fingerprint density at radius 2 is 2.00 bits per heavy atom. The van der Waals surface area contributed by atoms with Gasteiger partial charge < -0.3 is 20.5 Å². The number of anilines is 1. The molecule has 3 aromatic rings. The van der Waals surface area contributed by atoms with Gasteiger partial charge in [-0.25, -0.2) is 15.0 Å². The van der Waals surface area contributed by atoms with Crippen molar-refractivity contribution in [2.75, 3.05) is 5.73 Å². The highest BCUT2D eigenvalue weighted by atomic mass is 35.5. The summed E-state index contributed by atoms with van der Waals surface area (Å²) in [5.74, 6) is 0.728. The Morgan fingerprint density at radius 1 is 1.15 bits per heavy atom. The number of imidazole rings is 1. The lowest BCUT2D eigenvalue weighted by atomic mass is 9.80. The molecule has 3 N–H and O–H groups in total. The third-order valence-corrected chi connectivity index (χ3v) is 7.69. The highest BCUT2D eigenvalue weighted by molar-refractivity contribution is 6.31. The minimum absolute atomic E-state index is 0.0601. The van der Waals surface area contributed by atoms with Crippen LogP contribution < -0.4 is 11.1 Å². The van der Waals surface area contributed by atoms with Crippen molar-refractivity contribution in [1.82, 2.24) is 29.7 Å². The van der Waals surface area contributed by atoms with Crippen LogP contribution in [0.25, 0.3) is 11.2 Å². The van der Waals surface area contributed by atoms with Crippen LogP contribution in [-0.4, -0.2) is 54.4 Å². The zero-order valence-electron chi connectivity index (χ0n) is 17.9. The first-order chi connectivity index (χ1) is 16.0. The summed E-state index contributed by atoms with van der Waals surface area (Å²) in [7, 11) is 0. The summed E-state index contributed by atoms with van der Waals surface area (Å²) in [6.45, 7) is 0.0611. The molecule has 0 radical (unpaired) electrons. The Labute approximate surface area is 195 Å². The summed E-state index contributed by atoms with van der Waals surface area (Å²) >= 11 is 6.33. The molecule has 3 fully saturated rings. The number of hydrogen-bond donors (Lipinski definition) is 2. The van der Waals surface area contributed by atoms with E-state index in [0.717, 1.165) is 29.8 Å². The molecule has 2 amide bonds. The van der Waals surface area contributed by atoms with E-state index in [4.69, 9.17) is 17.3 Å². The van der Waals surface area contributed by atoms with Crippen molar-refractivity contribution in [3.63, 3.8) is 0 Å². The molecule has 9 nitrogen and oxygen atoms in total. The number of nitrogens with two attached hydrogens (primary N) is 1. The van der Waals surface area contributed by atoms with Crippen molar-refractivity contribution in [2.45, 2.75) is 56.3 Å². The lowest BCUT2D eigenvalue weighted by Gasteiger charge is -2.37. The van der Waals surface area contributed by atoms with Gasteiger partial charge in [0.05, 0.1) is 6.33 Å². The molecular formula is C23H24ClN7O2. The molecule has 3 heterocycles. The second-order valence-electron chi connectivity index (χ2n) is 9.24. The average Bonchev–Trinajstić information content (AvgIpc) is 3.32. The molecule has 33 heavy (non-hydrogen) atoms. The maximum atomic E-state index is 13.4. The van der Waals surface area contributed by atoms with Crippen molar-refractivity contribution in [1.29, 1.82) is 0 Å². The first kappa shape index (κ1) is 20.4. The normalized spacial score (nSPS) is 27.8. The van der Waals surface area contributed by atoms with Gasteiger partial charge in [-0.05, 0) is 43.2 Å². The van der Waals surface area contributed by atoms with E-state index in [9.17, 15) is 9.59 Å². The minimum Gasteiger partial charge on any atom is -0.382 e. The molecule has 5 atom stereocenters. The number of fused-ring (bicyclic) bond motifs is 2. The van der Waals surface area contributed by atoms with E-state index < -0.39 is 6.04 Å². The van der Waals surface area contributed by atoms with E-state index in [1.807, 2.05) is 24.3 Å². The van der Waals surface area contributed by atoms with Crippen molar-refractivity contribution in [3.05, 3.63) is 47.5 Å². The number of halogens is 1. The molecule has 6 rings (SSSR count). The van der Waals surface area contributed by atoms with Crippen molar-refractivity contribution in [2.24, 2.45) is 5.92 Å². The number of amides is 2. The van der Waals surface area contributed by atoms with Crippen LogP contribution in [0, 0.1) is 5.92 Å². The van der Waals surface area contributed by atoms with Gasteiger partial charge in [-0.15, -0.1) is 0 Å². The minimum atomic E-state index is -0.447. The first-order valence-electron chi connectivity index (χ1n) is 11.3. The van der Waals surface area contributed by atoms with E-state index in [1.165, 1.54) is 6.33 Å². The smallest absolute Gasteiger partial charge is 0.243 e. The largest absolute Gasteiger partial charge is 0.382 e.